The number of aromatic nitrogens is 2. The average Bonchev–Trinajstić information content (AvgIpc) is 2.92. The molecule has 0 saturated heterocycles. The fourth-order valence-electron chi connectivity index (χ4n) is 2.09. The van der Waals surface area contributed by atoms with Crippen LogP contribution >= 0.6 is 22.7 Å². The Morgan fingerprint density at radius 3 is 2.58 bits per heavy atom. The summed E-state index contributed by atoms with van der Waals surface area (Å²) in [6.07, 6.45) is 0.803. The molecule has 0 radical (unpaired) electrons. The minimum absolute atomic E-state index is 0.0571. The van der Waals surface area contributed by atoms with Crippen molar-refractivity contribution < 1.29 is 0 Å². The van der Waals surface area contributed by atoms with Gasteiger partial charge in [-0.25, -0.2) is 9.97 Å². The molecule has 3 aromatic rings. The minimum Gasteiger partial charge on any atom is -0.323 e. The molecule has 0 aliphatic heterocycles. The fourth-order valence-corrected chi connectivity index (χ4v) is 4.18. The second kappa shape index (κ2) is 5.00. The summed E-state index contributed by atoms with van der Waals surface area (Å²) in [6.45, 7) is 4.03. The molecule has 5 heteroatoms. The van der Waals surface area contributed by atoms with Gasteiger partial charge in [0.15, 0.2) is 0 Å². The second-order valence-electron chi connectivity index (χ2n) is 4.60. The van der Waals surface area contributed by atoms with Crippen LogP contribution in [0.25, 0.3) is 10.2 Å². The molecule has 0 fully saturated rings. The zero-order valence-electron chi connectivity index (χ0n) is 10.9. The summed E-state index contributed by atoms with van der Waals surface area (Å²) in [5.41, 5.74) is 8.06. The maximum absolute atomic E-state index is 5.94. The molecule has 0 aliphatic carbocycles. The van der Waals surface area contributed by atoms with Crippen molar-refractivity contribution in [2.24, 2.45) is 5.73 Å². The number of fused-ring (bicyclic) bond motifs is 1. The molecular formula is C14H15N3S2. The molecule has 3 rings (SSSR count). The zero-order chi connectivity index (χ0) is 13.4. The van der Waals surface area contributed by atoms with E-state index in [9.17, 15) is 0 Å². The number of thiazole rings is 2. The van der Waals surface area contributed by atoms with Gasteiger partial charge in [0.2, 0.25) is 0 Å². The lowest BCUT2D eigenvalue weighted by atomic mass is 10.2. The third-order valence-corrected chi connectivity index (χ3v) is 5.33. The topological polar surface area (TPSA) is 51.8 Å². The van der Waals surface area contributed by atoms with Crippen LogP contribution in [0.2, 0.25) is 0 Å². The Balaban J connectivity index is 1.90. The zero-order valence-corrected chi connectivity index (χ0v) is 12.5. The fraction of sp³-hybridized carbons (Fsp3) is 0.286. The molecule has 1 atom stereocenters. The summed E-state index contributed by atoms with van der Waals surface area (Å²) in [7, 11) is 0. The molecule has 98 valence electrons. The Hall–Kier alpha value is -1.30. The van der Waals surface area contributed by atoms with Crippen LogP contribution in [0.3, 0.4) is 0 Å². The molecule has 1 unspecified atom stereocenters. The maximum atomic E-state index is 5.94. The normalized spacial score (nSPS) is 13.0. The summed E-state index contributed by atoms with van der Waals surface area (Å²) >= 11 is 3.44. The Labute approximate surface area is 120 Å². The molecular weight excluding hydrogens is 274 g/mol. The van der Waals surface area contributed by atoms with E-state index in [1.54, 1.807) is 22.7 Å². The maximum Gasteiger partial charge on any atom is 0.101 e. The van der Waals surface area contributed by atoms with Crippen LogP contribution < -0.4 is 5.73 Å². The number of benzene rings is 1. The number of para-hydroxylation sites is 1. The van der Waals surface area contributed by atoms with Crippen molar-refractivity contribution in [3.8, 4) is 0 Å². The molecule has 2 N–H and O–H groups in total. The smallest absolute Gasteiger partial charge is 0.101 e. The van der Waals surface area contributed by atoms with Crippen molar-refractivity contribution in [2.75, 3.05) is 0 Å². The van der Waals surface area contributed by atoms with E-state index in [-0.39, 0.29) is 6.04 Å². The van der Waals surface area contributed by atoms with Crippen LogP contribution in [0.1, 0.15) is 33.6 Å². The van der Waals surface area contributed by atoms with Gasteiger partial charge in [0, 0.05) is 10.9 Å². The molecule has 19 heavy (non-hydrogen) atoms. The largest absolute Gasteiger partial charge is 0.323 e. The van der Waals surface area contributed by atoms with Gasteiger partial charge in [-0.2, -0.15) is 0 Å². The van der Waals surface area contributed by atoms with E-state index in [1.165, 1.54) is 9.58 Å². The third-order valence-electron chi connectivity index (χ3n) is 2.93. The Bertz CT molecular complexity index is 679. The lowest BCUT2D eigenvalue weighted by Crippen LogP contribution is -2.03. The lowest BCUT2D eigenvalue weighted by molar-refractivity contribution is 0.825. The molecule has 0 saturated carbocycles. The molecule has 0 spiro atoms. The Morgan fingerprint density at radius 2 is 1.89 bits per heavy atom. The number of nitrogens with two attached hydrogens (primary N) is 1. The van der Waals surface area contributed by atoms with Gasteiger partial charge in [0.1, 0.15) is 5.01 Å². The van der Waals surface area contributed by atoms with E-state index in [2.05, 4.69) is 22.1 Å². The minimum atomic E-state index is 0.0571. The standard InChI is InChI=1S/C14H15N3S2/c1-8(15)14-9(2)16-12(19-14)7-13-17-10-5-3-4-6-11(10)18-13/h3-6,8H,7,15H2,1-2H3. The average molecular weight is 289 g/mol. The highest BCUT2D eigenvalue weighted by atomic mass is 32.1. The van der Waals surface area contributed by atoms with Gasteiger partial charge in [-0.1, -0.05) is 12.1 Å². The highest BCUT2D eigenvalue weighted by molar-refractivity contribution is 7.18. The van der Waals surface area contributed by atoms with Crippen molar-refractivity contribution in [3.05, 3.63) is 44.9 Å². The van der Waals surface area contributed by atoms with Gasteiger partial charge in [-0.05, 0) is 26.0 Å². The number of hydrogen-bond donors (Lipinski definition) is 1. The van der Waals surface area contributed by atoms with Crippen molar-refractivity contribution >= 4 is 32.9 Å². The first-order valence-electron chi connectivity index (χ1n) is 6.19. The molecule has 2 heterocycles. The first-order chi connectivity index (χ1) is 9.13. The molecule has 0 bridgehead atoms. The van der Waals surface area contributed by atoms with Crippen LogP contribution in [0.15, 0.2) is 24.3 Å². The van der Waals surface area contributed by atoms with E-state index in [0.29, 0.717) is 0 Å². The first-order valence-corrected chi connectivity index (χ1v) is 7.83. The number of nitrogens with zero attached hydrogens (tertiary/aromatic N) is 2. The van der Waals surface area contributed by atoms with Gasteiger partial charge >= 0.3 is 0 Å². The van der Waals surface area contributed by atoms with E-state index in [1.807, 2.05) is 26.0 Å². The van der Waals surface area contributed by atoms with Crippen molar-refractivity contribution in [3.63, 3.8) is 0 Å². The molecule has 2 aromatic heterocycles. The quantitative estimate of drug-likeness (QED) is 0.800. The van der Waals surface area contributed by atoms with Crippen molar-refractivity contribution in [1.29, 1.82) is 0 Å². The Morgan fingerprint density at radius 1 is 1.16 bits per heavy atom. The molecule has 0 aliphatic rings. The van der Waals surface area contributed by atoms with Crippen LogP contribution in [-0.2, 0) is 6.42 Å². The van der Waals surface area contributed by atoms with Gasteiger partial charge in [-0.15, -0.1) is 22.7 Å². The summed E-state index contributed by atoms with van der Waals surface area (Å²) in [5, 5.41) is 2.22. The van der Waals surface area contributed by atoms with Crippen LogP contribution in [0.5, 0.6) is 0 Å². The van der Waals surface area contributed by atoms with Gasteiger partial charge in [0.25, 0.3) is 0 Å². The summed E-state index contributed by atoms with van der Waals surface area (Å²) in [6, 6.07) is 8.29. The van der Waals surface area contributed by atoms with E-state index in [4.69, 9.17) is 5.73 Å². The SMILES string of the molecule is Cc1nc(Cc2nc3ccccc3s2)sc1C(C)N. The van der Waals surface area contributed by atoms with Crippen LogP contribution in [0, 0.1) is 6.92 Å². The summed E-state index contributed by atoms with van der Waals surface area (Å²) in [5.74, 6) is 0. The summed E-state index contributed by atoms with van der Waals surface area (Å²) in [4.78, 5) is 10.4. The predicted octanol–water partition coefficient (Wildman–Crippen LogP) is 3.67. The second-order valence-corrected chi connectivity index (χ2v) is 6.83. The van der Waals surface area contributed by atoms with Crippen LogP contribution in [0.4, 0.5) is 0 Å². The predicted molar refractivity (Wildman–Crippen MR) is 81.9 cm³/mol. The van der Waals surface area contributed by atoms with Gasteiger partial charge in [0.05, 0.1) is 27.3 Å². The highest BCUT2D eigenvalue weighted by Crippen LogP contribution is 2.28. The van der Waals surface area contributed by atoms with Gasteiger partial charge < -0.3 is 5.73 Å². The lowest BCUT2D eigenvalue weighted by Gasteiger charge is -1.99. The van der Waals surface area contributed by atoms with Crippen molar-refractivity contribution in [2.45, 2.75) is 26.3 Å². The number of hydrogen-bond acceptors (Lipinski definition) is 5. The third kappa shape index (κ3) is 2.54. The van der Waals surface area contributed by atoms with Crippen LogP contribution in [-0.4, -0.2) is 9.97 Å². The molecule has 0 amide bonds. The van der Waals surface area contributed by atoms with E-state index >= 15 is 0 Å². The molecule has 3 nitrogen and oxygen atoms in total. The van der Waals surface area contributed by atoms with Gasteiger partial charge in [-0.3, -0.25) is 0 Å². The first kappa shape index (κ1) is 12.7. The highest BCUT2D eigenvalue weighted by Gasteiger charge is 2.13. The Kier molecular flexibility index (Phi) is 3.35. The number of rotatable bonds is 3. The van der Waals surface area contributed by atoms with E-state index < -0.39 is 0 Å². The number of aryl methyl sites for hydroxylation is 1. The monoisotopic (exact) mass is 289 g/mol. The van der Waals surface area contributed by atoms with Crippen molar-refractivity contribution in [1.82, 2.24) is 9.97 Å². The summed E-state index contributed by atoms with van der Waals surface area (Å²) < 4.78 is 1.23. The molecule has 1 aromatic carbocycles. The van der Waals surface area contributed by atoms with E-state index in [0.717, 1.165) is 27.6 Å².